The Kier molecular flexibility index (Phi) is 5.97. The Hall–Kier alpha value is 0.100. The fourth-order valence-corrected chi connectivity index (χ4v) is 2.16. The lowest BCUT2D eigenvalue weighted by Gasteiger charge is -2.08. The SMILES string of the molecule is CCCc1nc(CCC(C)C)nc(Cl)c1I. The van der Waals surface area contributed by atoms with E-state index in [0.29, 0.717) is 11.1 Å². The highest BCUT2D eigenvalue weighted by Crippen LogP contribution is 2.21. The molecule has 0 aliphatic rings. The van der Waals surface area contributed by atoms with Gasteiger partial charge in [-0.3, -0.25) is 0 Å². The highest BCUT2D eigenvalue weighted by molar-refractivity contribution is 14.1. The Bertz CT molecular complexity index is 353. The van der Waals surface area contributed by atoms with Crippen molar-refractivity contribution in [1.82, 2.24) is 9.97 Å². The van der Waals surface area contributed by atoms with Crippen LogP contribution in [-0.4, -0.2) is 9.97 Å². The summed E-state index contributed by atoms with van der Waals surface area (Å²) in [6, 6.07) is 0. The van der Waals surface area contributed by atoms with E-state index >= 15 is 0 Å². The summed E-state index contributed by atoms with van der Waals surface area (Å²) in [7, 11) is 0. The van der Waals surface area contributed by atoms with Crippen molar-refractivity contribution < 1.29 is 0 Å². The maximum Gasteiger partial charge on any atom is 0.146 e. The minimum absolute atomic E-state index is 0.609. The van der Waals surface area contributed by atoms with Gasteiger partial charge in [-0.15, -0.1) is 0 Å². The minimum atomic E-state index is 0.609. The maximum absolute atomic E-state index is 6.11. The van der Waals surface area contributed by atoms with E-state index in [1.165, 1.54) is 0 Å². The number of rotatable bonds is 5. The number of hydrogen-bond donors (Lipinski definition) is 0. The molecule has 90 valence electrons. The zero-order valence-corrected chi connectivity index (χ0v) is 13.0. The highest BCUT2D eigenvalue weighted by Gasteiger charge is 2.10. The molecule has 1 heterocycles. The molecule has 0 aliphatic heterocycles. The Labute approximate surface area is 116 Å². The summed E-state index contributed by atoms with van der Waals surface area (Å²) >= 11 is 8.34. The molecule has 0 saturated carbocycles. The first-order chi connectivity index (χ1) is 7.54. The summed E-state index contributed by atoms with van der Waals surface area (Å²) in [5.41, 5.74) is 1.10. The van der Waals surface area contributed by atoms with E-state index in [1.54, 1.807) is 0 Å². The third-order valence-electron chi connectivity index (χ3n) is 2.36. The van der Waals surface area contributed by atoms with Gasteiger partial charge in [-0.1, -0.05) is 38.8 Å². The standard InChI is InChI=1S/C12H18ClIN2/c1-4-5-9-11(14)12(13)16-10(15-9)7-6-8(2)3/h8H,4-7H2,1-3H3. The fraction of sp³-hybridized carbons (Fsp3) is 0.667. The molecule has 1 rings (SSSR count). The van der Waals surface area contributed by atoms with Crippen molar-refractivity contribution in [2.45, 2.75) is 46.5 Å². The van der Waals surface area contributed by atoms with E-state index in [0.717, 1.165) is 40.8 Å². The van der Waals surface area contributed by atoms with Crippen LogP contribution in [0.25, 0.3) is 0 Å². The molecule has 0 atom stereocenters. The Morgan fingerprint density at radius 2 is 1.94 bits per heavy atom. The van der Waals surface area contributed by atoms with Crippen molar-refractivity contribution >= 4 is 34.2 Å². The molecule has 0 bridgehead atoms. The molecule has 0 aromatic carbocycles. The van der Waals surface area contributed by atoms with Crippen LogP contribution in [0, 0.1) is 9.49 Å². The van der Waals surface area contributed by atoms with Gasteiger partial charge in [0, 0.05) is 6.42 Å². The molecular weight excluding hydrogens is 335 g/mol. The third-order valence-corrected chi connectivity index (χ3v) is 4.08. The van der Waals surface area contributed by atoms with E-state index in [4.69, 9.17) is 11.6 Å². The third kappa shape index (κ3) is 4.17. The Balaban J connectivity index is 2.86. The van der Waals surface area contributed by atoms with Crippen molar-refractivity contribution in [3.8, 4) is 0 Å². The van der Waals surface area contributed by atoms with Crippen molar-refractivity contribution in [3.05, 3.63) is 20.2 Å². The fourth-order valence-electron chi connectivity index (χ4n) is 1.44. The number of nitrogens with zero attached hydrogens (tertiary/aromatic N) is 2. The molecule has 0 radical (unpaired) electrons. The molecule has 1 aromatic rings. The predicted octanol–water partition coefficient (Wildman–Crippen LogP) is 4.28. The first kappa shape index (κ1) is 14.2. The maximum atomic E-state index is 6.11. The lowest BCUT2D eigenvalue weighted by atomic mass is 10.1. The molecule has 0 aliphatic carbocycles. The van der Waals surface area contributed by atoms with Crippen LogP contribution in [0.3, 0.4) is 0 Å². The van der Waals surface area contributed by atoms with Gasteiger partial charge in [-0.05, 0) is 41.4 Å². The van der Waals surface area contributed by atoms with E-state index in [-0.39, 0.29) is 0 Å². The molecule has 0 amide bonds. The topological polar surface area (TPSA) is 25.8 Å². The van der Waals surface area contributed by atoms with E-state index in [2.05, 4.69) is 53.3 Å². The molecule has 0 fully saturated rings. The second kappa shape index (κ2) is 6.74. The first-order valence-electron chi connectivity index (χ1n) is 5.75. The van der Waals surface area contributed by atoms with Gasteiger partial charge in [0.1, 0.15) is 11.0 Å². The molecule has 2 nitrogen and oxygen atoms in total. The van der Waals surface area contributed by atoms with E-state index < -0.39 is 0 Å². The van der Waals surface area contributed by atoms with Crippen LogP contribution < -0.4 is 0 Å². The zero-order chi connectivity index (χ0) is 12.1. The van der Waals surface area contributed by atoms with Gasteiger partial charge >= 0.3 is 0 Å². The average Bonchev–Trinajstić information content (AvgIpc) is 2.22. The average molecular weight is 353 g/mol. The number of hydrogen-bond acceptors (Lipinski definition) is 2. The van der Waals surface area contributed by atoms with Gasteiger partial charge in [0.2, 0.25) is 0 Å². The van der Waals surface area contributed by atoms with Crippen molar-refractivity contribution in [3.63, 3.8) is 0 Å². The minimum Gasteiger partial charge on any atom is -0.237 e. The largest absolute Gasteiger partial charge is 0.237 e. The second-order valence-corrected chi connectivity index (χ2v) is 5.81. The van der Waals surface area contributed by atoms with Crippen LogP contribution in [0.2, 0.25) is 5.15 Å². The second-order valence-electron chi connectivity index (χ2n) is 4.37. The Morgan fingerprint density at radius 1 is 1.25 bits per heavy atom. The molecule has 0 unspecified atom stereocenters. The summed E-state index contributed by atoms with van der Waals surface area (Å²) in [6.07, 6.45) is 4.11. The van der Waals surface area contributed by atoms with Crippen molar-refractivity contribution in [2.75, 3.05) is 0 Å². The van der Waals surface area contributed by atoms with E-state index in [1.807, 2.05) is 0 Å². The summed E-state index contributed by atoms with van der Waals surface area (Å²) in [6.45, 7) is 6.57. The molecule has 4 heteroatoms. The lowest BCUT2D eigenvalue weighted by Crippen LogP contribution is -2.05. The van der Waals surface area contributed by atoms with Gasteiger partial charge in [0.25, 0.3) is 0 Å². The lowest BCUT2D eigenvalue weighted by molar-refractivity contribution is 0.572. The molecule has 0 spiro atoms. The van der Waals surface area contributed by atoms with Gasteiger partial charge < -0.3 is 0 Å². The highest BCUT2D eigenvalue weighted by atomic mass is 127. The molecule has 16 heavy (non-hydrogen) atoms. The van der Waals surface area contributed by atoms with Crippen molar-refractivity contribution in [1.29, 1.82) is 0 Å². The molecule has 1 aromatic heterocycles. The van der Waals surface area contributed by atoms with Crippen LogP contribution >= 0.6 is 34.2 Å². The smallest absolute Gasteiger partial charge is 0.146 e. The predicted molar refractivity (Wildman–Crippen MR) is 76.9 cm³/mol. The quantitative estimate of drug-likeness (QED) is 0.584. The zero-order valence-electron chi connectivity index (χ0n) is 10.1. The van der Waals surface area contributed by atoms with Gasteiger partial charge in [-0.2, -0.15) is 0 Å². The number of aryl methyl sites for hydroxylation is 2. The van der Waals surface area contributed by atoms with Gasteiger partial charge in [-0.25, -0.2) is 9.97 Å². The summed E-state index contributed by atoms with van der Waals surface area (Å²) < 4.78 is 1.01. The van der Waals surface area contributed by atoms with Crippen LogP contribution in [0.4, 0.5) is 0 Å². The number of aromatic nitrogens is 2. The van der Waals surface area contributed by atoms with Gasteiger partial charge in [0.05, 0.1) is 9.26 Å². The summed E-state index contributed by atoms with van der Waals surface area (Å²) in [5, 5.41) is 0.609. The van der Waals surface area contributed by atoms with Crippen molar-refractivity contribution in [2.24, 2.45) is 5.92 Å². The Morgan fingerprint density at radius 3 is 2.50 bits per heavy atom. The van der Waals surface area contributed by atoms with Crippen LogP contribution in [-0.2, 0) is 12.8 Å². The molecule has 0 N–H and O–H groups in total. The summed E-state index contributed by atoms with van der Waals surface area (Å²) in [4.78, 5) is 8.93. The van der Waals surface area contributed by atoms with E-state index in [9.17, 15) is 0 Å². The normalized spacial score (nSPS) is 11.1. The summed E-state index contributed by atoms with van der Waals surface area (Å²) in [5.74, 6) is 1.57. The monoisotopic (exact) mass is 352 g/mol. The molecule has 0 saturated heterocycles. The van der Waals surface area contributed by atoms with Crippen LogP contribution in [0.15, 0.2) is 0 Å². The van der Waals surface area contributed by atoms with Gasteiger partial charge in [0.15, 0.2) is 0 Å². The van der Waals surface area contributed by atoms with Crippen LogP contribution in [0.1, 0.15) is 45.1 Å². The van der Waals surface area contributed by atoms with Crippen LogP contribution in [0.5, 0.6) is 0 Å². The number of halogens is 2. The molecular formula is C12H18ClIN2. The first-order valence-corrected chi connectivity index (χ1v) is 7.21.